The number of carbonyl (C=O) groups excluding carboxylic acids is 1. The maximum absolute atomic E-state index is 12.3. The molecule has 0 saturated carbocycles. The lowest BCUT2D eigenvalue weighted by molar-refractivity contribution is 0.0598. The molecule has 4 rings (SSSR count). The molecular formula is C20H20ClN3O2. The number of halogens is 1. The van der Waals surface area contributed by atoms with Crippen LogP contribution in [0, 0.1) is 6.92 Å². The van der Waals surface area contributed by atoms with E-state index in [1.165, 1.54) is 11.8 Å². The highest BCUT2D eigenvalue weighted by Crippen LogP contribution is 2.23. The quantitative estimate of drug-likeness (QED) is 0.660. The number of hydrogen-bond acceptors (Lipinski definition) is 4. The predicted molar refractivity (Wildman–Crippen MR) is 101 cm³/mol. The summed E-state index contributed by atoms with van der Waals surface area (Å²) < 4.78 is 5.21. The Morgan fingerprint density at radius 1 is 1.19 bits per heavy atom. The van der Waals surface area contributed by atoms with Crippen LogP contribution in [0.4, 0.5) is 0 Å². The molecule has 26 heavy (non-hydrogen) atoms. The van der Waals surface area contributed by atoms with Crippen LogP contribution in [0.2, 0.25) is 5.15 Å². The van der Waals surface area contributed by atoms with E-state index in [9.17, 15) is 4.79 Å². The molecule has 0 N–H and O–H groups in total. The molecule has 0 spiro atoms. The Bertz CT molecular complexity index is 932. The van der Waals surface area contributed by atoms with Crippen LogP contribution in [0.3, 0.4) is 0 Å². The van der Waals surface area contributed by atoms with Crippen LogP contribution < -0.4 is 0 Å². The summed E-state index contributed by atoms with van der Waals surface area (Å²) in [4.78, 5) is 21.0. The van der Waals surface area contributed by atoms with Gasteiger partial charge in [0.15, 0.2) is 5.76 Å². The molecule has 0 atom stereocenters. The summed E-state index contributed by atoms with van der Waals surface area (Å²) in [6.07, 6.45) is 1.53. The van der Waals surface area contributed by atoms with Crippen molar-refractivity contribution in [3.8, 4) is 0 Å². The SMILES string of the molecule is Cc1ccc2cc(CN3CCN(C(=O)c4ccco4)CC3)c(Cl)nc2c1. The van der Waals surface area contributed by atoms with Crippen LogP contribution in [0.15, 0.2) is 47.1 Å². The summed E-state index contributed by atoms with van der Waals surface area (Å²) in [5.41, 5.74) is 3.12. The van der Waals surface area contributed by atoms with E-state index in [2.05, 4.69) is 28.1 Å². The summed E-state index contributed by atoms with van der Waals surface area (Å²) in [6.45, 7) is 5.74. The molecule has 1 aliphatic rings. The van der Waals surface area contributed by atoms with Gasteiger partial charge in [0, 0.05) is 43.7 Å². The zero-order valence-electron chi connectivity index (χ0n) is 14.6. The van der Waals surface area contributed by atoms with Crippen molar-refractivity contribution in [2.75, 3.05) is 26.2 Å². The smallest absolute Gasteiger partial charge is 0.289 e. The first-order valence-corrected chi connectivity index (χ1v) is 9.09. The maximum Gasteiger partial charge on any atom is 0.289 e. The van der Waals surface area contributed by atoms with E-state index in [1.807, 2.05) is 17.9 Å². The van der Waals surface area contributed by atoms with Crippen LogP contribution in [-0.4, -0.2) is 46.9 Å². The average Bonchev–Trinajstić information content (AvgIpc) is 3.17. The first kappa shape index (κ1) is 17.1. The largest absolute Gasteiger partial charge is 0.459 e. The molecule has 0 radical (unpaired) electrons. The van der Waals surface area contributed by atoms with Crippen molar-refractivity contribution in [1.82, 2.24) is 14.8 Å². The van der Waals surface area contributed by atoms with Gasteiger partial charge in [0.1, 0.15) is 5.15 Å². The van der Waals surface area contributed by atoms with E-state index in [1.54, 1.807) is 12.1 Å². The number of fused-ring (bicyclic) bond motifs is 1. The second kappa shape index (κ2) is 7.09. The van der Waals surface area contributed by atoms with Gasteiger partial charge in [0.05, 0.1) is 11.8 Å². The Kier molecular flexibility index (Phi) is 4.66. The topological polar surface area (TPSA) is 49.6 Å². The fraction of sp³-hybridized carbons (Fsp3) is 0.300. The number of aromatic nitrogens is 1. The van der Waals surface area contributed by atoms with Gasteiger partial charge in [-0.05, 0) is 36.8 Å². The number of pyridine rings is 1. The molecule has 1 aliphatic heterocycles. The number of amides is 1. The molecule has 1 aromatic carbocycles. The van der Waals surface area contributed by atoms with Crippen molar-refractivity contribution in [2.24, 2.45) is 0 Å². The van der Waals surface area contributed by atoms with Crippen LogP contribution in [0.5, 0.6) is 0 Å². The number of nitrogens with zero attached hydrogens (tertiary/aromatic N) is 3. The minimum Gasteiger partial charge on any atom is -0.459 e. The van der Waals surface area contributed by atoms with Gasteiger partial charge in [-0.1, -0.05) is 23.7 Å². The molecule has 6 heteroatoms. The Balaban J connectivity index is 1.43. The molecule has 3 heterocycles. The van der Waals surface area contributed by atoms with Gasteiger partial charge in [-0.2, -0.15) is 0 Å². The van der Waals surface area contributed by atoms with Gasteiger partial charge in [-0.15, -0.1) is 0 Å². The zero-order valence-corrected chi connectivity index (χ0v) is 15.4. The van der Waals surface area contributed by atoms with Crippen LogP contribution in [-0.2, 0) is 6.54 Å². The lowest BCUT2D eigenvalue weighted by Gasteiger charge is -2.34. The minimum absolute atomic E-state index is 0.0459. The number of piperazine rings is 1. The van der Waals surface area contributed by atoms with Gasteiger partial charge in [-0.3, -0.25) is 9.69 Å². The van der Waals surface area contributed by atoms with E-state index >= 15 is 0 Å². The minimum atomic E-state index is -0.0459. The number of rotatable bonds is 3. The fourth-order valence-electron chi connectivity index (χ4n) is 3.31. The number of furan rings is 1. The van der Waals surface area contributed by atoms with Crippen LogP contribution in [0.1, 0.15) is 21.7 Å². The second-order valence-electron chi connectivity index (χ2n) is 6.68. The van der Waals surface area contributed by atoms with Crippen LogP contribution in [0.25, 0.3) is 10.9 Å². The third-order valence-corrected chi connectivity index (χ3v) is 5.11. The lowest BCUT2D eigenvalue weighted by Crippen LogP contribution is -2.48. The molecular weight excluding hydrogens is 350 g/mol. The molecule has 1 amide bonds. The molecule has 1 saturated heterocycles. The van der Waals surface area contributed by atoms with Crippen molar-refractivity contribution in [1.29, 1.82) is 0 Å². The molecule has 1 fully saturated rings. The first-order chi connectivity index (χ1) is 12.6. The van der Waals surface area contributed by atoms with E-state index in [-0.39, 0.29) is 5.91 Å². The van der Waals surface area contributed by atoms with E-state index in [0.29, 0.717) is 24.0 Å². The molecule has 5 nitrogen and oxygen atoms in total. The van der Waals surface area contributed by atoms with Crippen molar-refractivity contribution >= 4 is 28.4 Å². The fourth-order valence-corrected chi connectivity index (χ4v) is 3.52. The summed E-state index contributed by atoms with van der Waals surface area (Å²) in [5.74, 6) is 0.353. The Morgan fingerprint density at radius 2 is 2.00 bits per heavy atom. The third kappa shape index (κ3) is 3.45. The zero-order chi connectivity index (χ0) is 18.1. The standard InChI is InChI=1S/C20H20ClN3O2/c1-14-4-5-15-12-16(19(21)22-17(15)11-14)13-23-6-8-24(9-7-23)20(25)18-3-2-10-26-18/h2-5,10-12H,6-9,13H2,1H3. The monoisotopic (exact) mass is 369 g/mol. The molecule has 0 unspecified atom stereocenters. The van der Waals surface area contributed by atoms with Gasteiger partial charge in [-0.25, -0.2) is 4.98 Å². The Hall–Kier alpha value is -2.37. The van der Waals surface area contributed by atoms with Gasteiger partial charge in [0.2, 0.25) is 0 Å². The van der Waals surface area contributed by atoms with Crippen LogP contribution >= 0.6 is 11.6 Å². The molecule has 134 valence electrons. The molecule has 0 aliphatic carbocycles. The molecule has 0 bridgehead atoms. The average molecular weight is 370 g/mol. The van der Waals surface area contributed by atoms with Crippen molar-refractivity contribution < 1.29 is 9.21 Å². The maximum atomic E-state index is 12.3. The normalized spacial score (nSPS) is 15.5. The Morgan fingerprint density at radius 3 is 2.73 bits per heavy atom. The second-order valence-corrected chi connectivity index (χ2v) is 7.04. The first-order valence-electron chi connectivity index (χ1n) is 8.71. The summed E-state index contributed by atoms with van der Waals surface area (Å²) in [7, 11) is 0. The van der Waals surface area contributed by atoms with Crippen molar-refractivity contribution in [3.05, 3.63) is 64.7 Å². The molecule has 2 aromatic heterocycles. The number of benzene rings is 1. The summed E-state index contributed by atoms with van der Waals surface area (Å²) in [5, 5.41) is 1.65. The highest BCUT2D eigenvalue weighted by molar-refractivity contribution is 6.30. The van der Waals surface area contributed by atoms with Gasteiger partial charge in [0.25, 0.3) is 5.91 Å². The summed E-state index contributed by atoms with van der Waals surface area (Å²) >= 11 is 6.41. The number of hydrogen-bond donors (Lipinski definition) is 0. The highest BCUT2D eigenvalue weighted by atomic mass is 35.5. The van der Waals surface area contributed by atoms with Gasteiger partial charge >= 0.3 is 0 Å². The lowest BCUT2D eigenvalue weighted by atomic mass is 10.1. The predicted octanol–water partition coefficient (Wildman–Crippen LogP) is 3.75. The van der Waals surface area contributed by atoms with E-state index in [0.717, 1.165) is 36.1 Å². The van der Waals surface area contributed by atoms with E-state index < -0.39 is 0 Å². The summed E-state index contributed by atoms with van der Waals surface area (Å²) in [6, 6.07) is 11.8. The van der Waals surface area contributed by atoms with E-state index in [4.69, 9.17) is 16.0 Å². The highest BCUT2D eigenvalue weighted by Gasteiger charge is 2.24. The molecule has 3 aromatic rings. The van der Waals surface area contributed by atoms with Gasteiger partial charge < -0.3 is 9.32 Å². The number of carbonyl (C=O) groups is 1. The van der Waals surface area contributed by atoms with Crippen molar-refractivity contribution in [2.45, 2.75) is 13.5 Å². The third-order valence-electron chi connectivity index (χ3n) is 4.78. The number of aryl methyl sites for hydroxylation is 1. The Labute approximate surface area is 157 Å². The van der Waals surface area contributed by atoms with Crippen molar-refractivity contribution in [3.63, 3.8) is 0 Å².